The number of nitrogens with zero attached hydrogens (tertiary/aromatic N) is 3. The van der Waals surface area contributed by atoms with Crippen LogP contribution < -0.4 is 5.32 Å². The fraction of sp³-hybridized carbons (Fsp3) is 0.786. The van der Waals surface area contributed by atoms with Crippen LogP contribution in [0.15, 0.2) is 5.10 Å². The summed E-state index contributed by atoms with van der Waals surface area (Å²) in [6.07, 6.45) is 2.77. The lowest BCUT2D eigenvalue weighted by Crippen LogP contribution is -2.48. The second kappa shape index (κ2) is 6.35. The average Bonchev–Trinajstić information content (AvgIpc) is 2.42. The minimum absolute atomic E-state index is 0.0354. The molecule has 2 aliphatic heterocycles. The van der Waals surface area contributed by atoms with E-state index in [1.54, 1.807) is 7.05 Å². The van der Waals surface area contributed by atoms with Crippen LogP contribution in [-0.4, -0.2) is 59.7 Å². The number of carbonyl (C=O) groups excluding carboxylic acids is 2. The topological polar surface area (TPSA) is 65.0 Å². The van der Waals surface area contributed by atoms with Gasteiger partial charge in [0.2, 0.25) is 5.91 Å². The Morgan fingerprint density at radius 3 is 2.50 bits per heavy atom. The van der Waals surface area contributed by atoms with E-state index in [-0.39, 0.29) is 17.9 Å². The lowest BCUT2D eigenvalue weighted by atomic mass is 10.0. The molecule has 0 unspecified atom stereocenters. The molecule has 20 heavy (non-hydrogen) atoms. The number of carbonyl (C=O) groups is 2. The van der Waals surface area contributed by atoms with Gasteiger partial charge in [0.05, 0.1) is 0 Å². The molecule has 0 spiro atoms. The quantitative estimate of drug-likeness (QED) is 0.822. The van der Waals surface area contributed by atoms with E-state index in [0.717, 1.165) is 25.9 Å². The fourth-order valence-corrected chi connectivity index (χ4v) is 2.66. The van der Waals surface area contributed by atoms with Gasteiger partial charge in [0.1, 0.15) is 5.71 Å². The van der Waals surface area contributed by atoms with Crippen LogP contribution in [0.25, 0.3) is 0 Å². The monoisotopic (exact) mass is 280 g/mol. The van der Waals surface area contributed by atoms with Crippen molar-refractivity contribution < 1.29 is 9.59 Å². The Balaban J connectivity index is 1.84. The van der Waals surface area contributed by atoms with Gasteiger partial charge < -0.3 is 10.2 Å². The lowest BCUT2D eigenvalue weighted by Gasteiger charge is -2.35. The molecule has 0 aliphatic carbocycles. The minimum Gasteiger partial charge on any atom is -0.348 e. The standard InChI is InChI=1S/C14H24N4O2/c1-10(2)18-8-6-11(7-9-18)15-14(20)12-4-5-13(19)17(3)16-12/h10-11H,4-9H2,1-3H3,(H,15,20). The van der Waals surface area contributed by atoms with Gasteiger partial charge in [-0.2, -0.15) is 5.10 Å². The molecule has 6 heteroatoms. The summed E-state index contributed by atoms with van der Waals surface area (Å²) in [5.41, 5.74) is 0.471. The predicted octanol–water partition coefficient (Wildman–Crippen LogP) is 0.584. The van der Waals surface area contributed by atoms with Gasteiger partial charge in [-0.05, 0) is 26.7 Å². The van der Waals surface area contributed by atoms with Gasteiger partial charge in [-0.25, -0.2) is 5.01 Å². The predicted molar refractivity (Wildman–Crippen MR) is 77.3 cm³/mol. The first-order chi connectivity index (χ1) is 9.47. The van der Waals surface area contributed by atoms with Crippen molar-refractivity contribution in [2.45, 2.75) is 51.6 Å². The van der Waals surface area contributed by atoms with Gasteiger partial charge in [-0.3, -0.25) is 9.59 Å². The summed E-state index contributed by atoms with van der Waals surface area (Å²) in [4.78, 5) is 25.9. The number of likely N-dealkylation sites (tertiary alicyclic amines) is 1. The Morgan fingerprint density at radius 2 is 1.95 bits per heavy atom. The van der Waals surface area contributed by atoms with E-state index in [1.165, 1.54) is 5.01 Å². The first-order valence-electron chi connectivity index (χ1n) is 7.36. The molecule has 0 saturated carbocycles. The Bertz CT molecular complexity index is 411. The molecular weight excluding hydrogens is 256 g/mol. The number of hydrogen-bond donors (Lipinski definition) is 1. The Hall–Kier alpha value is -1.43. The fourth-order valence-electron chi connectivity index (χ4n) is 2.66. The highest BCUT2D eigenvalue weighted by Crippen LogP contribution is 2.14. The number of piperidine rings is 1. The zero-order chi connectivity index (χ0) is 14.7. The molecule has 112 valence electrons. The number of rotatable bonds is 3. The van der Waals surface area contributed by atoms with E-state index in [2.05, 4.69) is 29.2 Å². The summed E-state index contributed by atoms with van der Waals surface area (Å²) in [6, 6.07) is 0.789. The van der Waals surface area contributed by atoms with Crippen LogP contribution in [0, 0.1) is 0 Å². The van der Waals surface area contributed by atoms with Crippen molar-refractivity contribution in [3.63, 3.8) is 0 Å². The third-order valence-electron chi connectivity index (χ3n) is 4.06. The van der Waals surface area contributed by atoms with Crippen molar-refractivity contribution in [2.24, 2.45) is 5.10 Å². The van der Waals surface area contributed by atoms with Crippen LogP contribution >= 0.6 is 0 Å². The number of hydrazone groups is 1. The van der Waals surface area contributed by atoms with Crippen molar-refractivity contribution in [1.82, 2.24) is 15.2 Å². The van der Waals surface area contributed by atoms with Gasteiger partial charge in [0, 0.05) is 45.1 Å². The molecule has 1 saturated heterocycles. The molecule has 2 amide bonds. The molecule has 0 aromatic carbocycles. The van der Waals surface area contributed by atoms with E-state index in [0.29, 0.717) is 24.6 Å². The van der Waals surface area contributed by atoms with E-state index >= 15 is 0 Å². The molecule has 2 heterocycles. The number of hydrogen-bond acceptors (Lipinski definition) is 4. The third kappa shape index (κ3) is 3.56. The smallest absolute Gasteiger partial charge is 0.267 e. The Kier molecular flexibility index (Phi) is 4.75. The van der Waals surface area contributed by atoms with Gasteiger partial charge >= 0.3 is 0 Å². The molecule has 2 rings (SSSR count). The summed E-state index contributed by atoms with van der Waals surface area (Å²) < 4.78 is 0. The summed E-state index contributed by atoms with van der Waals surface area (Å²) in [6.45, 7) is 6.44. The highest BCUT2D eigenvalue weighted by molar-refractivity contribution is 6.39. The van der Waals surface area contributed by atoms with Crippen molar-refractivity contribution in [1.29, 1.82) is 0 Å². The van der Waals surface area contributed by atoms with Crippen LogP contribution in [0.3, 0.4) is 0 Å². The molecule has 2 aliphatic rings. The van der Waals surface area contributed by atoms with Gasteiger partial charge in [-0.1, -0.05) is 0 Å². The van der Waals surface area contributed by atoms with E-state index in [1.807, 2.05) is 0 Å². The molecule has 6 nitrogen and oxygen atoms in total. The van der Waals surface area contributed by atoms with E-state index in [9.17, 15) is 9.59 Å². The van der Waals surface area contributed by atoms with Crippen molar-refractivity contribution in [3.8, 4) is 0 Å². The molecule has 0 aromatic rings. The molecule has 0 bridgehead atoms. The number of nitrogens with one attached hydrogen (secondary N) is 1. The van der Waals surface area contributed by atoms with E-state index < -0.39 is 0 Å². The maximum Gasteiger partial charge on any atom is 0.267 e. The van der Waals surface area contributed by atoms with Crippen molar-refractivity contribution >= 4 is 17.5 Å². The molecule has 1 fully saturated rings. The first-order valence-corrected chi connectivity index (χ1v) is 7.36. The summed E-state index contributed by atoms with van der Waals surface area (Å²) >= 11 is 0. The zero-order valence-corrected chi connectivity index (χ0v) is 12.6. The van der Waals surface area contributed by atoms with Crippen LogP contribution in [0.5, 0.6) is 0 Å². The summed E-state index contributed by atoms with van der Waals surface area (Å²) in [5.74, 6) is -0.154. The molecule has 1 N–H and O–H groups in total. The Morgan fingerprint density at radius 1 is 1.30 bits per heavy atom. The SMILES string of the molecule is CC(C)N1CCC(NC(=O)C2=NN(C)C(=O)CC2)CC1. The van der Waals surface area contributed by atoms with E-state index in [4.69, 9.17) is 0 Å². The van der Waals surface area contributed by atoms with Crippen LogP contribution in [0.1, 0.15) is 39.5 Å². The van der Waals surface area contributed by atoms with Gasteiger partial charge in [-0.15, -0.1) is 0 Å². The van der Waals surface area contributed by atoms with Gasteiger partial charge in [0.25, 0.3) is 5.91 Å². The van der Waals surface area contributed by atoms with Crippen LogP contribution in [0.4, 0.5) is 0 Å². The molecular formula is C14H24N4O2. The normalized spacial score (nSPS) is 22.1. The maximum absolute atomic E-state index is 12.1. The lowest BCUT2D eigenvalue weighted by molar-refractivity contribution is -0.130. The van der Waals surface area contributed by atoms with Crippen molar-refractivity contribution in [3.05, 3.63) is 0 Å². The second-order valence-corrected chi connectivity index (χ2v) is 5.84. The molecule has 0 atom stereocenters. The largest absolute Gasteiger partial charge is 0.348 e. The van der Waals surface area contributed by atoms with Gasteiger partial charge in [0.15, 0.2) is 0 Å². The average molecular weight is 280 g/mol. The molecule has 0 aromatic heterocycles. The number of amides is 2. The molecule has 0 radical (unpaired) electrons. The van der Waals surface area contributed by atoms with Crippen LogP contribution in [0.2, 0.25) is 0 Å². The highest BCUT2D eigenvalue weighted by Gasteiger charge is 2.26. The Labute approximate surface area is 120 Å². The second-order valence-electron chi connectivity index (χ2n) is 5.84. The summed E-state index contributed by atoms with van der Waals surface area (Å²) in [7, 11) is 1.59. The van der Waals surface area contributed by atoms with Crippen LogP contribution in [-0.2, 0) is 9.59 Å². The maximum atomic E-state index is 12.1. The highest BCUT2D eigenvalue weighted by atomic mass is 16.2. The minimum atomic E-state index is -0.118. The first kappa shape index (κ1) is 15.0. The van der Waals surface area contributed by atoms with Crippen molar-refractivity contribution in [2.75, 3.05) is 20.1 Å². The third-order valence-corrected chi connectivity index (χ3v) is 4.06. The summed E-state index contributed by atoms with van der Waals surface area (Å²) in [5, 5.41) is 8.36. The zero-order valence-electron chi connectivity index (χ0n) is 12.6.